The van der Waals surface area contributed by atoms with Crippen molar-refractivity contribution in [2.45, 2.75) is 65.5 Å². The molecule has 0 aliphatic heterocycles. The molecular formula is C38H36N2OSi2. The molecule has 0 bridgehead atoms. The average molecular weight is 593 g/mol. The highest BCUT2D eigenvalue weighted by atomic mass is 28.3. The molecule has 0 aliphatic rings. The van der Waals surface area contributed by atoms with Crippen LogP contribution in [0.3, 0.4) is 0 Å². The summed E-state index contributed by atoms with van der Waals surface area (Å²) in [4.78, 5) is 20.0. The molecule has 0 fully saturated rings. The Bertz CT molecular complexity index is 2630. The maximum Gasteiger partial charge on any atom is 0.265 e. The second kappa shape index (κ2) is 8.01. The van der Waals surface area contributed by atoms with Crippen LogP contribution in [0.4, 0.5) is 0 Å². The summed E-state index contributed by atoms with van der Waals surface area (Å²) < 4.78 is 1.94. The number of aromatic nitrogens is 2. The van der Waals surface area contributed by atoms with E-state index < -0.39 is 16.1 Å². The van der Waals surface area contributed by atoms with Gasteiger partial charge in [0.1, 0.15) is 5.65 Å². The first kappa shape index (κ1) is 25.7. The molecule has 0 saturated heterocycles. The van der Waals surface area contributed by atoms with Crippen molar-refractivity contribution in [2.24, 2.45) is 0 Å². The highest BCUT2D eigenvalue weighted by Crippen LogP contribution is 2.50. The molecule has 0 atom stereocenters. The molecule has 0 spiro atoms. The van der Waals surface area contributed by atoms with Gasteiger partial charge in [0.05, 0.1) is 32.6 Å². The zero-order valence-electron chi connectivity index (χ0n) is 26.1. The van der Waals surface area contributed by atoms with Crippen LogP contribution < -0.4 is 15.9 Å². The molecule has 2 aromatic heterocycles. The lowest BCUT2D eigenvalue weighted by Crippen LogP contribution is -2.38. The largest absolute Gasteiger partial charge is 0.268 e. The van der Waals surface area contributed by atoms with Gasteiger partial charge in [-0.2, -0.15) is 0 Å². The molecule has 0 saturated carbocycles. The summed E-state index contributed by atoms with van der Waals surface area (Å²) >= 11 is 0. The van der Waals surface area contributed by atoms with Gasteiger partial charge in [0, 0.05) is 5.39 Å². The first-order valence-corrected chi connectivity index (χ1v) is 22.8. The van der Waals surface area contributed by atoms with E-state index in [9.17, 15) is 4.79 Å². The first-order chi connectivity index (χ1) is 20.5. The molecule has 0 N–H and O–H groups in total. The van der Waals surface area contributed by atoms with E-state index in [0.717, 1.165) is 52.1 Å². The summed E-state index contributed by atoms with van der Waals surface area (Å²) in [5, 5.41) is 18.0. The smallest absolute Gasteiger partial charge is 0.265 e. The molecule has 0 aliphatic carbocycles. The van der Waals surface area contributed by atoms with Crippen molar-refractivity contribution in [3.8, 4) is 0 Å². The number of imidazole rings is 1. The van der Waals surface area contributed by atoms with Gasteiger partial charge in [-0.15, -0.1) is 0 Å². The van der Waals surface area contributed by atoms with Crippen molar-refractivity contribution in [1.29, 1.82) is 0 Å². The van der Waals surface area contributed by atoms with Gasteiger partial charge in [-0.1, -0.05) is 105 Å². The molecule has 0 unspecified atom stereocenters. The van der Waals surface area contributed by atoms with Gasteiger partial charge in [0.15, 0.2) is 0 Å². The lowest BCUT2D eigenvalue weighted by molar-refractivity contribution is 0.795. The van der Waals surface area contributed by atoms with Crippen LogP contribution in [0.25, 0.3) is 81.3 Å². The molecule has 5 heteroatoms. The maximum atomic E-state index is 14.8. The van der Waals surface area contributed by atoms with Crippen LogP contribution in [0.2, 0.25) is 39.3 Å². The van der Waals surface area contributed by atoms with Gasteiger partial charge in [-0.3, -0.25) is 9.20 Å². The summed E-state index contributed by atoms with van der Waals surface area (Å²) in [5.41, 5.74) is 4.04. The van der Waals surface area contributed by atoms with E-state index in [1.54, 1.807) is 0 Å². The fraction of sp³-hybridized carbons (Fsp3) is 0.263. The molecule has 2 heterocycles. The second-order valence-corrected chi connectivity index (χ2v) is 25.1. The lowest BCUT2D eigenvalue weighted by atomic mass is 9.95. The van der Waals surface area contributed by atoms with Crippen LogP contribution in [-0.2, 0) is 6.42 Å². The van der Waals surface area contributed by atoms with Crippen LogP contribution in [0.5, 0.6) is 0 Å². The van der Waals surface area contributed by atoms with Crippen molar-refractivity contribution < 1.29 is 0 Å². The number of rotatable bonds is 5. The predicted molar refractivity (Wildman–Crippen MR) is 193 cm³/mol. The number of unbranched alkanes of at least 4 members (excludes halogenated alkanes) is 1. The van der Waals surface area contributed by atoms with Crippen molar-refractivity contribution in [2.75, 3.05) is 0 Å². The Morgan fingerprint density at radius 2 is 1.23 bits per heavy atom. The van der Waals surface area contributed by atoms with Gasteiger partial charge >= 0.3 is 0 Å². The Hall–Kier alpha value is -3.81. The van der Waals surface area contributed by atoms with Crippen molar-refractivity contribution in [3.63, 3.8) is 0 Å². The first-order valence-electron chi connectivity index (χ1n) is 15.8. The average Bonchev–Trinajstić information content (AvgIpc) is 3.60. The zero-order chi connectivity index (χ0) is 29.7. The maximum absolute atomic E-state index is 14.8. The molecule has 9 aromatic rings. The summed E-state index contributed by atoms with van der Waals surface area (Å²) in [6.07, 6.45) is 3.32. The quantitative estimate of drug-likeness (QED) is 0.148. The third-order valence-corrected chi connectivity index (χ3v) is 14.3. The summed E-state index contributed by atoms with van der Waals surface area (Å²) in [5.74, 6) is 0. The van der Waals surface area contributed by atoms with E-state index in [1.165, 1.54) is 64.4 Å². The SMILES string of the molecule is CCCCc1ccc2nc3c4c5cc([Si](C)(C)C)c6ccc7ccc8c([Si](C)(C)C)cc(c4c(=O)n3c2c1)c1c8c7c6c51. The van der Waals surface area contributed by atoms with E-state index in [1.807, 2.05) is 4.40 Å². The van der Waals surface area contributed by atoms with Crippen LogP contribution in [0.15, 0.2) is 59.4 Å². The van der Waals surface area contributed by atoms with Gasteiger partial charge in [-0.25, -0.2) is 4.98 Å². The lowest BCUT2D eigenvalue weighted by Gasteiger charge is -2.21. The van der Waals surface area contributed by atoms with Crippen LogP contribution in [0, 0.1) is 0 Å². The van der Waals surface area contributed by atoms with Crippen LogP contribution >= 0.6 is 0 Å². The Morgan fingerprint density at radius 1 is 0.651 bits per heavy atom. The number of nitrogens with zero attached hydrogens (tertiary/aromatic N) is 2. The molecule has 7 aromatic carbocycles. The highest BCUT2D eigenvalue weighted by Gasteiger charge is 2.32. The normalized spacial score (nSPS) is 13.8. The topological polar surface area (TPSA) is 34.4 Å². The molecule has 43 heavy (non-hydrogen) atoms. The zero-order valence-corrected chi connectivity index (χ0v) is 28.1. The standard InChI is InChI=1S/C38H36N2OSi2/c1-8-9-10-20-11-16-26-27(17-20)40-37(39-26)35-24-18-28(42(2,3)4)22-14-12-21-13-15-23-29(43(5,6)7)19-25(36(35)38(40)41)34-32(23)30(21)31(22)33(24)34/h11-19H,8-10H2,1-7H3. The monoisotopic (exact) mass is 592 g/mol. The van der Waals surface area contributed by atoms with E-state index in [0.29, 0.717) is 0 Å². The molecule has 9 rings (SSSR count). The Morgan fingerprint density at radius 3 is 1.81 bits per heavy atom. The predicted octanol–water partition coefficient (Wildman–Crippen LogP) is 8.95. The summed E-state index contributed by atoms with van der Waals surface area (Å²) in [7, 11) is -3.51. The minimum absolute atomic E-state index is 0.0840. The third-order valence-electron chi connectivity index (χ3n) is 10.2. The summed E-state index contributed by atoms with van der Waals surface area (Å²) in [6, 6.07) is 20.8. The molecule has 0 amide bonds. The van der Waals surface area contributed by atoms with Crippen LogP contribution in [-0.4, -0.2) is 25.5 Å². The van der Waals surface area contributed by atoms with Gasteiger partial charge < -0.3 is 0 Å². The van der Waals surface area contributed by atoms with Crippen molar-refractivity contribution in [1.82, 2.24) is 9.38 Å². The fourth-order valence-electron chi connectivity index (χ4n) is 8.26. The van der Waals surface area contributed by atoms with Crippen molar-refractivity contribution in [3.05, 3.63) is 70.5 Å². The Balaban J connectivity index is 1.62. The molecule has 212 valence electrons. The minimum atomic E-state index is -1.76. The van der Waals surface area contributed by atoms with E-state index in [-0.39, 0.29) is 5.56 Å². The molecular weight excluding hydrogens is 557 g/mol. The van der Waals surface area contributed by atoms with Gasteiger partial charge in [-0.05, 0) is 84.4 Å². The molecule has 3 nitrogen and oxygen atoms in total. The number of aryl methyl sites for hydroxylation is 1. The van der Waals surface area contributed by atoms with E-state index in [4.69, 9.17) is 4.98 Å². The minimum Gasteiger partial charge on any atom is -0.268 e. The highest BCUT2D eigenvalue weighted by molar-refractivity contribution is 6.91. The van der Waals surface area contributed by atoms with Crippen LogP contribution in [0.1, 0.15) is 25.3 Å². The van der Waals surface area contributed by atoms with Crippen molar-refractivity contribution >= 4 is 108 Å². The fourth-order valence-corrected chi connectivity index (χ4v) is 11.5. The Kier molecular flexibility index (Phi) is 4.78. The van der Waals surface area contributed by atoms with E-state index >= 15 is 0 Å². The molecule has 0 radical (unpaired) electrons. The number of fused-ring (bicyclic) bond motifs is 7. The number of hydrogen-bond acceptors (Lipinski definition) is 2. The summed E-state index contributed by atoms with van der Waals surface area (Å²) in [6.45, 7) is 16.9. The second-order valence-electron chi connectivity index (χ2n) is 15.0. The van der Waals surface area contributed by atoms with E-state index in [2.05, 4.69) is 101 Å². The third kappa shape index (κ3) is 3.09. The van der Waals surface area contributed by atoms with Gasteiger partial charge in [0.25, 0.3) is 5.56 Å². The van der Waals surface area contributed by atoms with Gasteiger partial charge in [0.2, 0.25) is 0 Å². The number of benzene rings is 6. The number of hydrogen-bond donors (Lipinski definition) is 0. The Labute approximate surface area is 252 Å².